The Bertz CT molecular complexity index is 655. The summed E-state index contributed by atoms with van der Waals surface area (Å²) in [6.07, 6.45) is 0. The van der Waals surface area contributed by atoms with E-state index in [4.69, 9.17) is 9.47 Å². The van der Waals surface area contributed by atoms with Gasteiger partial charge >= 0.3 is 5.97 Å². The monoisotopic (exact) mass is 351 g/mol. The molecule has 1 fully saturated rings. The molecule has 0 aromatic heterocycles. The average molecular weight is 351 g/mol. The normalized spacial score (nSPS) is 14.3. The van der Waals surface area contributed by atoms with Gasteiger partial charge in [-0.25, -0.2) is 4.79 Å². The van der Waals surface area contributed by atoms with Gasteiger partial charge in [-0.05, 0) is 19.9 Å². The zero-order valence-corrected chi connectivity index (χ0v) is 14.2. The molecule has 1 N–H and O–H groups in total. The Morgan fingerprint density at radius 2 is 2.04 bits per heavy atom. The van der Waals surface area contributed by atoms with E-state index < -0.39 is 23.4 Å². The number of carbonyl (C=O) groups is 2. The van der Waals surface area contributed by atoms with Gasteiger partial charge in [0, 0.05) is 31.3 Å². The summed E-state index contributed by atoms with van der Waals surface area (Å²) in [5, 5.41) is 13.6. The van der Waals surface area contributed by atoms with Crippen LogP contribution < -0.4 is 10.2 Å². The first-order valence-corrected chi connectivity index (χ1v) is 7.96. The van der Waals surface area contributed by atoms with Crippen LogP contribution in [-0.2, 0) is 14.3 Å². The minimum atomic E-state index is -0.774. The van der Waals surface area contributed by atoms with Crippen molar-refractivity contribution in [1.82, 2.24) is 5.32 Å². The number of nitro benzene ring substituents is 1. The predicted octanol–water partition coefficient (Wildman–Crippen LogP) is 1.11. The molecule has 0 aliphatic carbocycles. The number of amides is 1. The van der Waals surface area contributed by atoms with Gasteiger partial charge in [0.15, 0.2) is 6.61 Å². The highest BCUT2D eigenvalue weighted by Gasteiger charge is 2.23. The molecule has 1 aliphatic heterocycles. The van der Waals surface area contributed by atoms with Gasteiger partial charge in [0.05, 0.1) is 29.4 Å². The molecule has 9 heteroatoms. The average Bonchev–Trinajstić information content (AvgIpc) is 2.59. The van der Waals surface area contributed by atoms with Crippen molar-refractivity contribution in [1.29, 1.82) is 0 Å². The smallest absolute Gasteiger partial charge is 0.341 e. The summed E-state index contributed by atoms with van der Waals surface area (Å²) in [4.78, 5) is 36.3. The zero-order valence-electron chi connectivity index (χ0n) is 14.2. The first-order chi connectivity index (χ1) is 11.9. The van der Waals surface area contributed by atoms with Gasteiger partial charge in [0.2, 0.25) is 0 Å². The van der Waals surface area contributed by atoms with Gasteiger partial charge in [-0.1, -0.05) is 0 Å². The number of non-ortho nitro benzene ring substituents is 1. The van der Waals surface area contributed by atoms with E-state index in [9.17, 15) is 19.7 Å². The van der Waals surface area contributed by atoms with E-state index in [-0.39, 0.29) is 17.3 Å². The quantitative estimate of drug-likeness (QED) is 0.464. The van der Waals surface area contributed by atoms with Gasteiger partial charge in [0.1, 0.15) is 0 Å². The van der Waals surface area contributed by atoms with E-state index in [1.165, 1.54) is 18.2 Å². The molecule has 1 amide bonds. The van der Waals surface area contributed by atoms with Crippen molar-refractivity contribution in [3.63, 3.8) is 0 Å². The lowest BCUT2D eigenvalue weighted by Gasteiger charge is -2.30. The van der Waals surface area contributed by atoms with Gasteiger partial charge < -0.3 is 19.7 Å². The van der Waals surface area contributed by atoms with E-state index in [0.29, 0.717) is 32.0 Å². The highest BCUT2D eigenvalue weighted by Crippen LogP contribution is 2.27. The topological polar surface area (TPSA) is 111 Å². The fourth-order valence-electron chi connectivity index (χ4n) is 2.45. The molecule has 136 valence electrons. The fraction of sp³-hybridized carbons (Fsp3) is 0.500. The Hall–Kier alpha value is -2.68. The number of ether oxygens (including phenoxy) is 2. The first kappa shape index (κ1) is 18.7. The van der Waals surface area contributed by atoms with Crippen LogP contribution in [0.3, 0.4) is 0 Å². The van der Waals surface area contributed by atoms with Crippen LogP contribution >= 0.6 is 0 Å². The molecule has 1 saturated heterocycles. The second-order valence-electron chi connectivity index (χ2n) is 5.86. The third-order valence-corrected chi connectivity index (χ3v) is 3.55. The molecule has 0 radical (unpaired) electrons. The third-order valence-electron chi connectivity index (χ3n) is 3.55. The second kappa shape index (κ2) is 8.43. The van der Waals surface area contributed by atoms with Gasteiger partial charge in [-0.15, -0.1) is 0 Å². The number of morpholine rings is 1. The first-order valence-electron chi connectivity index (χ1n) is 7.96. The standard InChI is InChI=1S/C16H21N3O6/c1-11(2)17-15(20)10-25-16(21)13-9-12(19(22)23)3-4-14(13)18-5-7-24-8-6-18/h3-4,9,11H,5-8,10H2,1-2H3,(H,17,20). The second-order valence-corrected chi connectivity index (χ2v) is 5.86. The number of anilines is 1. The minimum Gasteiger partial charge on any atom is -0.452 e. The van der Waals surface area contributed by atoms with Crippen molar-refractivity contribution in [2.45, 2.75) is 19.9 Å². The Morgan fingerprint density at radius 3 is 2.64 bits per heavy atom. The lowest BCUT2D eigenvalue weighted by molar-refractivity contribution is -0.384. The summed E-state index contributed by atoms with van der Waals surface area (Å²) in [6.45, 7) is 5.26. The van der Waals surface area contributed by atoms with Crippen molar-refractivity contribution in [3.8, 4) is 0 Å². The maximum Gasteiger partial charge on any atom is 0.341 e. The molecule has 1 aromatic carbocycles. The number of rotatable bonds is 6. The summed E-state index contributed by atoms with van der Waals surface area (Å²) >= 11 is 0. The van der Waals surface area contributed by atoms with Crippen LogP contribution in [0.4, 0.5) is 11.4 Å². The molecule has 9 nitrogen and oxygen atoms in total. The lowest BCUT2D eigenvalue weighted by Crippen LogP contribution is -2.37. The van der Waals surface area contributed by atoms with E-state index >= 15 is 0 Å². The summed E-state index contributed by atoms with van der Waals surface area (Å²) in [5.74, 6) is -1.20. The number of nitro groups is 1. The van der Waals surface area contributed by atoms with Gasteiger partial charge in [-0.2, -0.15) is 0 Å². The van der Waals surface area contributed by atoms with Crippen LogP contribution in [0, 0.1) is 10.1 Å². The summed E-state index contributed by atoms with van der Waals surface area (Å²) in [7, 11) is 0. The van der Waals surface area contributed by atoms with Crippen LogP contribution in [0.25, 0.3) is 0 Å². The van der Waals surface area contributed by atoms with Crippen molar-refractivity contribution in [2.24, 2.45) is 0 Å². The Balaban J connectivity index is 2.19. The molecule has 1 aromatic rings. The largest absolute Gasteiger partial charge is 0.452 e. The van der Waals surface area contributed by atoms with Crippen LogP contribution in [0.5, 0.6) is 0 Å². The highest BCUT2D eigenvalue weighted by molar-refractivity contribution is 5.97. The Kier molecular flexibility index (Phi) is 6.29. The third kappa shape index (κ3) is 5.15. The molecule has 1 heterocycles. The molecule has 0 atom stereocenters. The molecular weight excluding hydrogens is 330 g/mol. The molecule has 0 unspecified atom stereocenters. The number of hydrogen-bond donors (Lipinski definition) is 1. The van der Waals surface area contributed by atoms with Gasteiger partial charge in [0.25, 0.3) is 11.6 Å². The fourth-order valence-corrected chi connectivity index (χ4v) is 2.45. The van der Waals surface area contributed by atoms with Gasteiger partial charge in [-0.3, -0.25) is 14.9 Å². The number of benzene rings is 1. The maximum absolute atomic E-state index is 12.4. The van der Waals surface area contributed by atoms with Crippen molar-refractivity contribution in [2.75, 3.05) is 37.8 Å². The van der Waals surface area contributed by atoms with E-state index in [2.05, 4.69) is 5.32 Å². The summed E-state index contributed by atoms with van der Waals surface area (Å²) in [6, 6.07) is 3.96. The van der Waals surface area contributed by atoms with Crippen LogP contribution in [0.15, 0.2) is 18.2 Å². The Labute approximate surface area is 145 Å². The number of nitrogens with zero attached hydrogens (tertiary/aromatic N) is 2. The van der Waals surface area contributed by atoms with Crippen molar-refractivity contribution < 1.29 is 24.0 Å². The predicted molar refractivity (Wildman–Crippen MR) is 89.7 cm³/mol. The molecule has 0 saturated carbocycles. The number of nitrogens with one attached hydrogen (secondary N) is 1. The minimum absolute atomic E-state index is 0.0634. The van der Waals surface area contributed by atoms with Crippen molar-refractivity contribution in [3.05, 3.63) is 33.9 Å². The van der Waals surface area contributed by atoms with E-state index in [0.717, 1.165) is 0 Å². The summed E-state index contributed by atoms with van der Waals surface area (Å²) in [5.41, 5.74) is 0.382. The summed E-state index contributed by atoms with van der Waals surface area (Å²) < 4.78 is 10.3. The van der Waals surface area contributed by atoms with E-state index in [1.54, 1.807) is 13.8 Å². The maximum atomic E-state index is 12.4. The zero-order chi connectivity index (χ0) is 18.4. The molecule has 0 bridgehead atoms. The SMILES string of the molecule is CC(C)NC(=O)COC(=O)c1cc([N+](=O)[O-])ccc1N1CCOCC1. The molecule has 1 aliphatic rings. The van der Waals surface area contributed by atoms with Crippen LogP contribution in [-0.4, -0.2) is 55.8 Å². The molecule has 0 spiro atoms. The van der Waals surface area contributed by atoms with E-state index in [1.807, 2.05) is 4.90 Å². The highest BCUT2D eigenvalue weighted by atomic mass is 16.6. The lowest BCUT2D eigenvalue weighted by atomic mass is 10.1. The number of carbonyl (C=O) groups excluding carboxylic acids is 2. The van der Waals surface area contributed by atoms with Crippen LogP contribution in [0.1, 0.15) is 24.2 Å². The molecule has 25 heavy (non-hydrogen) atoms. The van der Waals surface area contributed by atoms with Crippen LogP contribution in [0.2, 0.25) is 0 Å². The molecule has 2 rings (SSSR count). The molecular formula is C16H21N3O6. The number of hydrogen-bond acceptors (Lipinski definition) is 7. The van der Waals surface area contributed by atoms with Crippen molar-refractivity contribution >= 4 is 23.3 Å². The Morgan fingerprint density at radius 1 is 1.36 bits per heavy atom. The number of esters is 1.